The van der Waals surface area contributed by atoms with Crippen molar-refractivity contribution in [1.29, 1.82) is 0 Å². The molecule has 2 aliphatic heterocycles. The lowest BCUT2D eigenvalue weighted by atomic mass is 9.93. The second-order valence-corrected chi connectivity index (χ2v) is 9.76. The molecule has 0 aliphatic carbocycles. The number of carbonyl (C=O) groups is 1. The molecule has 1 N–H and O–H groups in total. The van der Waals surface area contributed by atoms with Crippen LogP contribution in [0.4, 0.5) is 23.7 Å². The van der Waals surface area contributed by atoms with Gasteiger partial charge in [0.1, 0.15) is 0 Å². The van der Waals surface area contributed by atoms with Crippen molar-refractivity contribution in [1.82, 2.24) is 15.1 Å². The van der Waals surface area contributed by atoms with Crippen molar-refractivity contribution in [2.45, 2.75) is 44.9 Å². The Balaban J connectivity index is 1.16. The summed E-state index contributed by atoms with van der Waals surface area (Å²) >= 11 is 0. The van der Waals surface area contributed by atoms with Crippen LogP contribution in [0.3, 0.4) is 0 Å². The SMILES string of the molecule is C[C@@H]1CN(c2ccc(C(F)(F)F)cc2)CCN1C(=O)NCCC1CCN(Cc2ccccc2)CC1. The van der Waals surface area contributed by atoms with Crippen molar-refractivity contribution < 1.29 is 18.0 Å². The van der Waals surface area contributed by atoms with Crippen molar-refractivity contribution in [2.75, 3.05) is 44.2 Å². The summed E-state index contributed by atoms with van der Waals surface area (Å²) in [6.45, 7) is 7.59. The van der Waals surface area contributed by atoms with Gasteiger partial charge in [-0.1, -0.05) is 30.3 Å². The van der Waals surface area contributed by atoms with E-state index in [2.05, 4.69) is 34.5 Å². The Labute approximate surface area is 205 Å². The van der Waals surface area contributed by atoms with Gasteiger partial charge >= 0.3 is 12.2 Å². The van der Waals surface area contributed by atoms with Crippen molar-refractivity contribution in [3.63, 3.8) is 0 Å². The first-order valence-electron chi connectivity index (χ1n) is 12.5. The van der Waals surface area contributed by atoms with Crippen LogP contribution < -0.4 is 10.2 Å². The molecular weight excluding hydrogens is 453 g/mol. The Morgan fingerprint density at radius 3 is 2.29 bits per heavy atom. The molecule has 2 aromatic carbocycles. The van der Waals surface area contributed by atoms with Gasteiger partial charge in [0.2, 0.25) is 0 Å². The molecular formula is C27H35F3N4O. The van der Waals surface area contributed by atoms with Crippen LogP contribution in [0, 0.1) is 5.92 Å². The van der Waals surface area contributed by atoms with Gasteiger partial charge in [-0.3, -0.25) is 4.90 Å². The van der Waals surface area contributed by atoms with Crippen molar-refractivity contribution >= 4 is 11.7 Å². The second kappa shape index (κ2) is 11.3. The largest absolute Gasteiger partial charge is 0.416 e. The number of piperidine rings is 1. The third-order valence-corrected chi connectivity index (χ3v) is 7.23. The van der Waals surface area contributed by atoms with E-state index in [1.54, 1.807) is 0 Å². The van der Waals surface area contributed by atoms with Crippen LogP contribution in [0.1, 0.15) is 37.3 Å². The molecule has 2 aliphatic rings. The Kier molecular flexibility index (Phi) is 8.21. The lowest BCUT2D eigenvalue weighted by Gasteiger charge is -2.41. The van der Waals surface area contributed by atoms with Crippen molar-refractivity contribution in [3.05, 3.63) is 65.7 Å². The summed E-state index contributed by atoms with van der Waals surface area (Å²) in [6, 6.07) is 15.7. The predicted octanol–water partition coefficient (Wildman–Crippen LogP) is 5.23. The van der Waals surface area contributed by atoms with E-state index >= 15 is 0 Å². The Morgan fingerprint density at radius 2 is 1.66 bits per heavy atom. The monoisotopic (exact) mass is 488 g/mol. The molecule has 4 rings (SSSR count). The number of anilines is 1. The van der Waals surface area contributed by atoms with E-state index in [1.807, 2.05) is 22.8 Å². The molecule has 0 saturated carbocycles. The Morgan fingerprint density at radius 1 is 0.971 bits per heavy atom. The number of carbonyl (C=O) groups excluding carboxylic acids is 1. The maximum atomic E-state index is 12.8. The van der Waals surface area contributed by atoms with Crippen LogP contribution in [0.2, 0.25) is 0 Å². The molecule has 2 fully saturated rings. The summed E-state index contributed by atoms with van der Waals surface area (Å²) in [7, 11) is 0. The van der Waals surface area contributed by atoms with E-state index in [9.17, 15) is 18.0 Å². The lowest BCUT2D eigenvalue weighted by molar-refractivity contribution is -0.137. The van der Waals surface area contributed by atoms with Gasteiger partial charge in [0, 0.05) is 44.5 Å². The Hall–Kier alpha value is -2.74. The van der Waals surface area contributed by atoms with Crippen molar-refractivity contribution in [2.24, 2.45) is 5.92 Å². The van der Waals surface area contributed by atoms with Gasteiger partial charge in [-0.25, -0.2) is 4.79 Å². The third-order valence-electron chi connectivity index (χ3n) is 7.23. The molecule has 5 nitrogen and oxygen atoms in total. The van der Waals surface area contributed by atoms with Gasteiger partial charge in [0.05, 0.1) is 5.56 Å². The fraction of sp³-hybridized carbons (Fsp3) is 0.519. The average molecular weight is 489 g/mol. The lowest BCUT2D eigenvalue weighted by Crippen LogP contribution is -2.56. The summed E-state index contributed by atoms with van der Waals surface area (Å²) in [5, 5.41) is 3.09. The number of benzene rings is 2. The summed E-state index contributed by atoms with van der Waals surface area (Å²) in [4.78, 5) is 19.1. The topological polar surface area (TPSA) is 38.8 Å². The van der Waals surface area contributed by atoms with E-state index in [1.165, 1.54) is 17.7 Å². The summed E-state index contributed by atoms with van der Waals surface area (Å²) in [5.41, 5.74) is 1.46. The van der Waals surface area contributed by atoms with Crippen LogP contribution >= 0.6 is 0 Å². The van der Waals surface area contributed by atoms with Crippen molar-refractivity contribution in [3.8, 4) is 0 Å². The number of halogens is 3. The number of nitrogens with one attached hydrogen (secondary N) is 1. The molecule has 35 heavy (non-hydrogen) atoms. The zero-order chi connectivity index (χ0) is 24.8. The van der Waals surface area contributed by atoms with E-state index in [4.69, 9.17) is 0 Å². The quantitative estimate of drug-likeness (QED) is 0.605. The zero-order valence-electron chi connectivity index (χ0n) is 20.3. The van der Waals surface area contributed by atoms with Gasteiger partial charge < -0.3 is 15.1 Å². The molecule has 2 heterocycles. The van der Waals surface area contributed by atoms with E-state index in [0.717, 1.165) is 56.7 Å². The summed E-state index contributed by atoms with van der Waals surface area (Å²) in [6.07, 6.45) is -1.03. The normalized spacial score (nSPS) is 20.2. The Bertz CT molecular complexity index is 943. The number of amides is 2. The molecule has 2 aromatic rings. The first-order valence-corrected chi connectivity index (χ1v) is 12.5. The van der Waals surface area contributed by atoms with Gasteiger partial charge in [0.25, 0.3) is 0 Å². The minimum atomic E-state index is -4.33. The highest BCUT2D eigenvalue weighted by molar-refractivity contribution is 5.75. The summed E-state index contributed by atoms with van der Waals surface area (Å²) in [5.74, 6) is 0.635. The van der Waals surface area contributed by atoms with E-state index in [-0.39, 0.29) is 12.1 Å². The number of piperazine rings is 1. The molecule has 0 spiro atoms. The van der Waals surface area contributed by atoms with Crippen LogP contribution in [0.15, 0.2) is 54.6 Å². The fourth-order valence-electron chi connectivity index (χ4n) is 5.11. The molecule has 0 aromatic heterocycles. The second-order valence-electron chi connectivity index (χ2n) is 9.76. The fourth-order valence-corrected chi connectivity index (χ4v) is 5.11. The number of alkyl halides is 3. The van der Waals surface area contributed by atoms with Crippen LogP contribution in [0.25, 0.3) is 0 Å². The zero-order valence-corrected chi connectivity index (χ0v) is 20.3. The first kappa shape index (κ1) is 25.4. The standard InChI is InChI=1S/C27H35F3N4O/c1-21-19-33(25-9-7-24(8-10-25)27(28,29)30)17-18-34(21)26(35)31-14-11-22-12-15-32(16-13-22)20-23-5-3-2-4-6-23/h2-10,21-22H,11-20H2,1H3,(H,31,35)/t21-/m1/s1. The number of urea groups is 1. The molecule has 0 bridgehead atoms. The van der Waals surface area contributed by atoms with E-state index < -0.39 is 11.7 Å². The van der Waals surface area contributed by atoms with Crippen LogP contribution in [-0.2, 0) is 12.7 Å². The average Bonchev–Trinajstić information content (AvgIpc) is 2.85. The maximum Gasteiger partial charge on any atom is 0.416 e. The molecule has 8 heteroatoms. The molecule has 1 atom stereocenters. The minimum absolute atomic E-state index is 0.0210. The highest BCUT2D eigenvalue weighted by atomic mass is 19.4. The number of likely N-dealkylation sites (tertiary alicyclic amines) is 1. The van der Waals surface area contributed by atoms with Gasteiger partial charge in [-0.2, -0.15) is 13.2 Å². The van der Waals surface area contributed by atoms with Gasteiger partial charge in [-0.15, -0.1) is 0 Å². The molecule has 2 saturated heterocycles. The molecule has 190 valence electrons. The number of hydrogen-bond donors (Lipinski definition) is 1. The summed E-state index contributed by atoms with van der Waals surface area (Å²) < 4.78 is 38.4. The van der Waals surface area contributed by atoms with Gasteiger partial charge in [-0.05, 0) is 75.0 Å². The highest BCUT2D eigenvalue weighted by Gasteiger charge is 2.31. The van der Waals surface area contributed by atoms with Crippen LogP contribution in [-0.4, -0.2) is 61.1 Å². The maximum absolute atomic E-state index is 12.8. The highest BCUT2D eigenvalue weighted by Crippen LogP contribution is 2.31. The van der Waals surface area contributed by atoms with Crippen LogP contribution in [0.5, 0.6) is 0 Å². The number of rotatable bonds is 6. The molecule has 0 unspecified atom stereocenters. The predicted molar refractivity (Wildman–Crippen MR) is 132 cm³/mol. The smallest absolute Gasteiger partial charge is 0.368 e. The third kappa shape index (κ3) is 6.90. The number of hydrogen-bond acceptors (Lipinski definition) is 3. The minimum Gasteiger partial charge on any atom is -0.368 e. The van der Waals surface area contributed by atoms with E-state index in [0.29, 0.717) is 32.1 Å². The molecule has 2 amide bonds. The first-order chi connectivity index (χ1) is 16.8. The van der Waals surface area contributed by atoms with Gasteiger partial charge in [0.15, 0.2) is 0 Å². The molecule has 0 radical (unpaired) electrons. The number of nitrogens with zero attached hydrogens (tertiary/aromatic N) is 3.